The van der Waals surface area contributed by atoms with Gasteiger partial charge in [-0.1, -0.05) is 12.1 Å². The molecule has 2 rings (SSSR count). The molecule has 1 aromatic heterocycles. The third kappa shape index (κ3) is 1.99. The van der Waals surface area contributed by atoms with Crippen LogP contribution in [0.2, 0.25) is 0 Å². The Morgan fingerprint density at radius 2 is 2.19 bits per heavy atom. The Bertz CT molecular complexity index is 539. The molecule has 0 aliphatic carbocycles. The molecule has 2 nitrogen and oxygen atoms in total. The van der Waals surface area contributed by atoms with E-state index in [4.69, 9.17) is 5.26 Å². The van der Waals surface area contributed by atoms with Crippen LogP contribution in [0.1, 0.15) is 27.7 Å². The van der Waals surface area contributed by atoms with Crippen LogP contribution in [0.15, 0.2) is 35.7 Å². The third-order valence-electron chi connectivity index (χ3n) is 2.48. The van der Waals surface area contributed by atoms with Gasteiger partial charge in [-0.15, -0.1) is 11.3 Å². The summed E-state index contributed by atoms with van der Waals surface area (Å²) < 4.78 is 0. The third-order valence-corrected chi connectivity index (χ3v) is 3.55. The maximum Gasteiger partial charge on any atom is 0.113 e. The van der Waals surface area contributed by atoms with Gasteiger partial charge in [0.2, 0.25) is 0 Å². The van der Waals surface area contributed by atoms with Crippen molar-refractivity contribution in [1.82, 2.24) is 0 Å². The molecule has 1 heterocycles. The second kappa shape index (κ2) is 4.48. The summed E-state index contributed by atoms with van der Waals surface area (Å²) in [5, 5.41) is 20.9. The largest absolute Gasteiger partial charge is 0.383 e. The van der Waals surface area contributed by atoms with Crippen molar-refractivity contribution in [3.8, 4) is 6.07 Å². The van der Waals surface area contributed by atoms with Gasteiger partial charge < -0.3 is 5.11 Å². The topological polar surface area (TPSA) is 44.0 Å². The maximum absolute atomic E-state index is 10.2. The number of rotatable bonds is 2. The molecular formula is C13H11NOS. The molecule has 1 N–H and O–H groups in total. The Hall–Kier alpha value is -1.63. The first-order valence-corrected chi connectivity index (χ1v) is 5.82. The fraction of sp³-hybridized carbons (Fsp3) is 0.154. The molecular weight excluding hydrogens is 218 g/mol. The van der Waals surface area contributed by atoms with Crippen LogP contribution in [0, 0.1) is 18.3 Å². The van der Waals surface area contributed by atoms with E-state index in [0.717, 1.165) is 16.0 Å². The molecule has 0 saturated carbocycles. The first-order valence-electron chi connectivity index (χ1n) is 4.94. The Balaban J connectivity index is 2.38. The molecule has 2 aromatic rings. The Labute approximate surface area is 98.4 Å². The van der Waals surface area contributed by atoms with Gasteiger partial charge in [0.05, 0.1) is 11.6 Å². The van der Waals surface area contributed by atoms with Crippen LogP contribution in [0.25, 0.3) is 0 Å². The van der Waals surface area contributed by atoms with Crippen molar-refractivity contribution in [2.75, 3.05) is 0 Å². The number of aliphatic hydroxyl groups is 1. The number of hydrogen-bond donors (Lipinski definition) is 1. The Morgan fingerprint density at radius 3 is 2.81 bits per heavy atom. The molecule has 1 aromatic carbocycles. The zero-order chi connectivity index (χ0) is 11.5. The van der Waals surface area contributed by atoms with Crippen LogP contribution < -0.4 is 0 Å². The van der Waals surface area contributed by atoms with E-state index in [1.807, 2.05) is 24.4 Å². The Morgan fingerprint density at radius 1 is 1.38 bits per heavy atom. The zero-order valence-corrected chi connectivity index (χ0v) is 9.66. The molecule has 1 unspecified atom stereocenters. The molecule has 0 aliphatic rings. The predicted octanol–water partition coefficient (Wildman–Crippen LogP) is 3.01. The molecule has 16 heavy (non-hydrogen) atoms. The van der Waals surface area contributed by atoms with E-state index in [0.29, 0.717) is 5.56 Å². The molecule has 0 spiro atoms. The molecule has 0 bridgehead atoms. The lowest BCUT2D eigenvalue weighted by Crippen LogP contribution is -1.98. The van der Waals surface area contributed by atoms with Gasteiger partial charge >= 0.3 is 0 Å². The highest BCUT2D eigenvalue weighted by Crippen LogP contribution is 2.29. The number of nitrogens with zero attached hydrogens (tertiary/aromatic N) is 1. The molecule has 0 aliphatic heterocycles. The average Bonchev–Trinajstić information content (AvgIpc) is 2.74. The van der Waals surface area contributed by atoms with Crippen molar-refractivity contribution < 1.29 is 5.11 Å². The highest BCUT2D eigenvalue weighted by atomic mass is 32.1. The van der Waals surface area contributed by atoms with Gasteiger partial charge in [-0.25, -0.2) is 0 Å². The lowest BCUT2D eigenvalue weighted by Gasteiger charge is -2.10. The smallest absolute Gasteiger partial charge is 0.113 e. The zero-order valence-electron chi connectivity index (χ0n) is 8.84. The molecule has 1 atom stereocenters. The van der Waals surface area contributed by atoms with E-state index < -0.39 is 6.10 Å². The SMILES string of the molecule is Cc1ccsc1C(O)c1cccc(C#N)c1. The van der Waals surface area contributed by atoms with E-state index in [-0.39, 0.29) is 0 Å². The van der Waals surface area contributed by atoms with Crippen molar-refractivity contribution >= 4 is 11.3 Å². The minimum Gasteiger partial charge on any atom is -0.383 e. The van der Waals surface area contributed by atoms with Crippen molar-refractivity contribution in [3.05, 3.63) is 57.3 Å². The summed E-state index contributed by atoms with van der Waals surface area (Å²) in [7, 11) is 0. The van der Waals surface area contributed by atoms with Crippen molar-refractivity contribution in [2.24, 2.45) is 0 Å². The van der Waals surface area contributed by atoms with Gasteiger partial charge in [0.15, 0.2) is 0 Å². The van der Waals surface area contributed by atoms with Gasteiger partial charge in [0.1, 0.15) is 6.10 Å². The molecule has 80 valence electrons. The van der Waals surface area contributed by atoms with Crippen LogP contribution in [-0.2, 0) is 0 Å². The van der Waals surface area contributed by atoms with Crippen LogP contribution in [-0.4, -0.2) is 5.11 Å². The number of hydrogen-bond acceptors (Lipinski definition) is 3. The van der Waals surface area contributed by atoms with Crippen molar-refractivity contribution in [1.29, 1.82) is 5.26 Å². The van der Waals surface area contributed by atoms with Crippen molar-refractivity contribution in [3.63, 3.8) is 0 Å². The molecule has 0 radical (unpaired) electrons. The minimum absolute atomic E-state index is 0.575. The second-order valence-electron chi connectivity index (χ2n) is 3.61. The molecule has 0 fully saturated rings. The van der Waals surface area contributed by atoms with E-state index in [9.17, 15) is 5.11 Å². The number of nitriles is 1. The van der Waals surface area contributed by atoms with Crippen LogP contribution >= 0.6 is 11.3 Å². The average molecular weight is 229 g/mol. The van der Waals surface area contributed by atoms with E-state index in [1.54, 1.807) is 18.2 Å². The number of benzene rings is 1. The quantitative estimate of drug-likeness (QED) is 0.860. The van der Waals surface area contributed by atoms with E-state index in [2.05, 4.69) is 6.07 Å². The van der Waals surface area contributed by atoms with Crippen LogP contribution in [0.5, 0.6) is 0 Å². The van der Waals surface area contributed by atoms with Crippen molar-refractivity contribution in [2.45, 2.75) is 13.0 Å². The summed E-state index contributed by atoms with van der Waals surface area (Å²) in [5.41, 5.74) is 2.43. The monoisotopic (exact) mass is 229 g/mol. The van der Waals surface area contributed by atoms with Crippen LogP contribution in [0.4, 0.5) is 0 Å². The van der Waals surface area contributed by atoms with Gasteiger partial charge in [0, 0.05) is 4.88 Å². The minimum atomic E-state index is -0.631. The Kier molecular flexibility index (Phi) is 3.04. The maximum atomic E-state index is 10.2. The summed E-state index contributed by atoms with van der Waals surface area (Å²) in [6, 6.07) is 11.1. The first kappa shape index (κ1) is 10.9. The first-order chi connectivity index (χ1) is 7.72. The number of aryl methyl sites for hydroxylation is 1. The number of thiophene rings is 1. The summed E-state index contributed by atoms with van der Waals surface area (Å²) >= 11 is 1.53. The van der Waals surface area contributed by atoms with E-state index in [1.165, 1.54) is 11.3 Å². The molecule has 3 heteroatoms. The lowest BCUT2D eigenvalue weighted by molar-refractivity contribution is 0.223. The van der Waals surface area contributed by atoms with Gasteiger partial charge in [-0.3, -0.25) is 0 Å². The molecule has 0 saturated heterocycles. The fourth-order valence-corrected chi connectivity index (χ4v) is 2.53. The summed E-state index contributed by atoms with van der Waals surface area (Å²) in [6.45, 7) is 1.98. The fourth-order valence-electron chi connectivity index (χ4n) is 1.59. The highest BCUT2D eigenvalue weighted by molar-refractivity contribution is 7.10. The lowest BCUT2D eigenvalue weighted by atomic mass is 10.0. The standard InChI is InChI=1S/C13H11NOS/c1-9-5-6-16-13(9)12(15)11-4-2-3-10(7-11)8-14/h2-7,12,15H,1H3. The van der Waals surface area contributed by atoms with E-state index >= 15 is 0 Å². The van der Waals surface area contributed by atoms with Crippen LogP contribution in [0.3, 0.4) is 0 Å². The summed E-state index contributed by atoms with van der Waals surface area (Å²) in [4.78, 5) is 0.940. The predicted molar refractivity (Wildman–Crippen MR) is 64.3 cm³/mol. The number of aliphatic hydroxyl groups excluding tert-OH is 1. The summed E-state index contributed by atoms with van der Waals surface area (Å²) in [6.07, 6.45) is -0.631. The highest BCUT2D eigenvalue weighted by Gasteiger charge is 2.14. The van der Waals surface area contributed by atoms with Gasteiger partial charge in [0.25, 0.3) is 0 Å². The van der Waals surface area contributed by atoms with Gasteiger partial charge in [-0.05, 0) is 41.6 Å². The summed E-state index contributed by atoms with van der Waals surface area (Å²) in [5.74, 6) is 0. The molecule has 0 amide bonds. The normalized spacial score (nSPS) is 12.1. The second-order valence-corrected chi connectivity index (χ2v) is 4.56. The van der Waals surface area contributed by atoms with Gasteiger partial charge in [-0.2, -0.15) is 5.26 Å².